The van der Waals surface area contributed by atoms with Crippen LogP contribution in [0.2, 0.25) is 0 Å². The van der Waals surface area contributed by atoms with E-state index in [0.29, 0.717) is 46.3 Å². The molecule has 2 N–H and O–H groups in total. The lowest BCUT2D eigenvalue weighted by Gasteiger charge is -2.12. The average Bonchev–Trinajstić information content (AvgIpc) is 3.63. The van der Waals surface area contributed by atoms with Gasteiger partial charge in [0.1, 0.15) is 28.0 Å². The molecule has 6 rings (SSSR count). The van der Waals surface area contributed by atoms with E-state index in [1.807, 2.05) is 0 Å². The highest BCUT2D eigenvalue weighted by Gasteiger charge is 2.28. The van der Waals surface area contributed by atoms with E-state index in [2.05, 4.69) is 15.1 Å². The number of hydrogen-bond acceptors (Lipinski definition) is 6. The third kappa shape index (κ3) is 4.88. The molecule has 0 saturated heterocycles. The standard InChI is InChI=1S/C30H19F4N5O4S/c1-2-26(40)39-24-8-3-15(9-17(24)13-37-39)16-10-19-20(14-36-30(19)35-12-16)29(41)27-22(33)6-7-23(28(27)34)38-44(42,43)25-11-18(31)4-5-21(25)32/h3-14,38H,2H2,1H3,(H,35,36). The first-order chi connectivity index (χ1) is 21.0. The maximum Gasteiger partial charge on any atom is 0.265 e. The average molecular weight is 622 g/mol. The number of carbonyl (C=O) groups excluding carboxylic acids is 2. The fourth-order valence-corrected chi connectivity index (χ4v) is 5.92. The number of sulfonamides is 1. The van der Waals surface area contributed by atoms with Gasteiger partial charge in [0, 0.05) is 40.7 Å². The van der Waals surface area contributed by atoms with E-state index >= 15 is 4.39 Å². The van der Waals surface area contributed by atoms with Crippen LogP contribution in [0.5, 0.6) is 0 Å². The highest BCUT2D eigenvalue weighted by Crippen LogP contribution is 2.31. The molecule has 6 aromatic rings. The second-order valence-corrected chi connectivity index (χ2v) is 11.3. The number of benzene rings is 3. The van der Waals surface area contributed by atoms with Gasteiger partial charge in [-0.2, -0.15) is 5.10 Å². The number of carbonyl (C=O) groups is 2. The van der Waals surface area contributed by atoms with Crippen molar-refractivity contribution in [3.05, 3.63) is 108 Å². The molecule has 0 aliphatic rings. The number of aromatic amines is 1. The number of nitrogens with one attached hydrogen (secondary N) is 2. The van der Waals surface area contributed by atoms with Crippen LogP contribution in [0.15, 0.2) is 78.1 Å². The minimum absolute atomic E-state index is 0.161. The number of anilines is 1. The Balaban J connectivity index is 1.38. The van der Waals surface area contributed by atoms with Crippen LogP contribution in [-0.4, -0.2) is 39.9 Å². The SMILES string of the molecule is CCC(=O)n1ncc2cc(-c3cnc4[nH]cc(C(=O)c5c(F)ccc(NS(=O)(=O)c6cc(F)ccc6F)c5F)c4c3)ccc21. The Bertz CT molecular complexity index is 2260. The van der Waals surface area contributed by atoms with Crippen LogP contribution in [0.4, 0.5) is 23.2 Å². The molecule has 0 spiro atoms. The summed E-state index contributed by atoms with van der Waals surface area (Å²) in [6.07, 6.45) is 4.55. The van der Waals surface area contributed by atoms with Gasteiger partial charge in [-0.25, -0.2) is 35.6 Å². The van der Waals surface area contributed by atoms with E-state index < -0.39 is 55.2 Å². The molecule has 44 heavy (non-hydrogen) atoms. The van der Waals surface area contributed by atoms with Gasteiger partial charge in [0.25, 0.3) is 10.0 Å². The summed E-state index contributed by atoms with van der Waals surface area (Å²) in [4.78, 5) is 31.6. The van der Waals surface area contributed by atoms with Crippen molar-refractivity contribution < 1.29 is 35.6 Å². The molecule has 0 unspecified atom stereocenters. The Hall–Kier alpha value is -5.37. The maximum absolute atomic E-state index is 15.6. The van der Waals surface area contributed by atoms with E-state index in [9.17, 15) is 31.2 Å². The van der Waals surface area contributed by atoms with E-state index in [0.717, 1.165) is 6.07 Å². The van der Waals surface area contributed by atoms with Gasteiger partial charge in [-0.05, 0) is 54.1 Å². The lowest BCUT2D eigenvalue weighted by molar-refractivity contribution is 0.0898. The Kier molecular flexibility index (Phi) is 7.00. The van der Waals surface area contributed by atoms with Crippen molar-refractivity contribution in [2.24, 2.45) is 0 Å². The fourth-order valence-electron chi connectivity index (χ4n) is 4.77. The summed E-state index contributed by atoms with van der Waals surface area (Å²) in [5, 5.41) is 5.03. The zero-order valence-electron chi connectivity index (χ0n) is 22.5. The largest absolute Gasteiger partial charge is 0.345 e. The van der Waals surface area contributed by atoms with E-state index in [4.69, 9.17) is 0 Å². The Morgan fingerprint density at radius 1 is 0.932 bits per heavy atom. The first-order valence-electron chi connectivity index (χ1n) is 13.0. The first kappa shape index (κ1) is 28.7. The zero-order valence-corrected chi connectivity index (χ0v) is 23.3. The quantitative estimate of drug-likeness (QED) is 0.161. The van der Waals surface area contributed by atoms with Crippen LogP contribution in [0.25, 0.3) is 33.1 Å². The summed E-state index contributed by atoms with van der Waals surface area (Å²) in [5.74, 6) is -6.51. The number of rotatable bonds is 7. The van der Waals surface area contributed by atoms with Crippen molar-refractivity contribution in [3.8, 4) is 11.1 Å². The molecule has 0 bridgehead atoms. The van der Waals surface area contributed by atoms with Crippen LogP contribution < -0.4 is 4.72 Å². The van der Waals surface area contributed by atoms with Crippen molar-refractivity contribution >= 4 is 49.3 Å². The van der Waals surface area contributed by atoms with Crippen LogP contribution in [0.1, 0.15) is 34.1 Å². The van der Waals surface area contributed by atoms with Gasteiger partial charge >= 0.3 is 0 Å². The van der Waals surface area contributed by atoms with Crippen LogP contribution >= 0.6 is 0 Å². The monoisotopic (exact) mass is 621 g/mol. The molecule has 222 valence electrons. The highest BCUT2D eigenvalue weighted by molar-refractivity contribution is 7.92. The summed E-state index contributed by atoms with van der Waals surface area (Å²) >= 11 is 0. The van der Waals surface area contributed by atoms with Gasteiger partial charge in [0.15, 0.2) is 5.82 Å². The van der Waals surface area contributed by atoms with Gasteiger partial charge in [-0.3, -0.25) is 14.3 Å². The number of nitrogens with zero attached hydrogens (tertiary/aromatic N) is 3. The molecule has 3 aromatic heterocycles. The van der Waals surface area contributed by atoms with Crippen molar-refractivity contribution in [2.75, 3.05) is 4.72 Å². The van der Waals surface area contributed by atoms with Crippen molar-refractivity contribution in [1.29, 1.82) is 0 Å². The van der Waals surface area contributed by atoms with Gasteiger partial charge in [-0.15, -0.1) is 0 Å². The predicted octanol–water partition coefficient (Wildman–Crippen LogP) is 6.22. The van der Waals surface area contributed by atoms with Crippen molar-refractivity contribution in [2.45, 2.75) is 18.2 Å². The molecule has 0 amide bonds. The number of hydrogen-bond donors (Lipinski definition) is 2. The van der Waals surface area contributed by atoms with Crippen LogP contribution in [-0.2, 0) is 10.0 Å². The molecule has 0 fully saturated rings. The first-order valence-corrected chi connectivity index (χ1v) is 14.5. The molecule has 0 saturated carbocycles. The molecule has 0 atom stereocenters. The minimum Gasteiger partial charge on any atom is -0.345 e. The Labute approximate surface area is 246 Å². The number of H-pyrrole nitrogens is 1. The van der Waals surface area contributed by atoms with E-state index in [-0.39, 0.29) is 28.9 Å². The predicted molar refractivity (Wildman–Crippen MR) is 153 cm³/mol. The molecule has 0 aliphatic carbocycles. The van der Waals surface area contributed by atoms with E-state index in [1.165, 1.54) is 17.1 Å². The second kappa shape index (κ2) is 10.7. The molecule has 0 aliphatic heterocycles. The second-order valence-electron chi connectivity index (χ2n) is 9.69. The fraction of sp³-hybridized carbons (Fsp3) is 0.0667. The lowest BCUT2D eigenvalue weighted by atomic mass is 9.99. The number of ketones is 1. The van der Waals surface area contributed by atoms with Gasteiger partial charge in [-0.1, -0.05) is 13.0 Å². The summed E-state index contributed by atoms with van der Waals surface area (Å²) in [5.41, 5.74) is -0.0491. The highest BCUT2D eigenvalue weighted by atomic mass is 32.2. The molecule has 14 heteroatoms. The summed E-state index contributed by atoms with van der Waals surface area (Å²) < 4.78 is 86.7. The number of halogens is 4. The Morgan fingerprint density at radius 2 is 1.70 bits per heavy atom. The summed E-state index contributed by atoms with van der Waals surface area (Å²) in [6, 6.07) is 9.88. The van der Waals surface area contributed by atoms with Crippen molar-refractivity contribution in [3.63, 3.8) is 0 Å². The molecule has 3 aromatic carbocycles. The molecule has 9 nitrogen and oxygen atoms in total. The van der Waals surface area contributed by atoms with Gasteiger partial charge in [0.2, 0.25) is 11.7 Å². The number of pyridine rings is 1. The van der Waals surface area contributed by atoms with Crippen LogP contribution in [0.3, 0.4) is 0 Å². The number of fused-ring (bicyclic) bond motifs is 2. The zero-order chi connectivity index (χ0) is 31.3. The molecule has 3 heterocycles. The number of aromatic nitrogens is 4. The third-order valence-corrected chi connectivity index (χ3v) is 8.34. The summed E-state index contributed by atoms with van der Waals surface area (Å²) in [6.45, 7) is 1.72. The topological polar surface area (TPSA) is 127 Å². The van der Waals surface area contributed by atoms with Gasteiger partial charge < -0.3 is 4.98 Å². The minimum atomic E-state index is -4.87. The van der Waals surface area contributed by atoms with Gasteiger partial charge in [0.05, 0.1) is 23.0 Å². The van der Waals surface area contributed by atoms with Crippen molar-refractivity contribution in [1.82, 2.24) is 19.7 Å². The molecule has 0 radical (unpaired) electrons. The maximum atomic E-state index is 15.6. The van der Waals surface area contributed by atoms with Crippen LogP contribution in [0, 0.1) is 23.3 Å². The lowest BCUT2D eigenvalue weighted by Crippen LogP contribution is -2.17. The smallest absolute Gasteiger partial charge is 0.265 e. The summed E-state index contributed by atoms with van der Waals surface area (Å²) in [7, 11) is -4.87. The normalized spacial score (nSPS) is 11.8. The molecular weight excluding hydrogens is 602 g/mol. The molecular formula is C30H19F4N5O4S. The third-order valence-electron chi connectivity index (χ3n) is 6.96. The Morgan fingerprint density at radius 3 is 2.48 bits per heavy atom. The van der Waals surface area contributed by atoms with E-state index in [1.54, 1.807) is 42.1 Å².